The maximum Gasteiger partial charge on any atom is 0.223 e. The number of nitrogens with zero attached hydrogens (tertiary/aromatic N) is 1. The van der Waals surface area contributed by atoms with Gasteiger partial charge in [0.25, 0.3) is 0 Å². The van der Waals surface area contributed by atoms with E-state index in [1.807, 2.05) is 36.4 Å². The Labute approximate surface area is 216 Å². The first-order chi connectivity index (χ1) is 16.2. The van der Waals surface area contributed by atoms with Gasteiger partial charge in [-0.25, -0.2) is 13.1 Å². The summed E-state index contributed by atoms with van der Waals surface area (Å²) >= 11 is 18.7. The lowest BCUT2D eigenvalue weighted by atomic mass is 9.88. The van der Waals surface area contributed by atoms with Gasteiger partial charge in [-0.2, -0.15) is 0 Å². The molecule has 1 amide bonds. The molecule has 1 saturated heterocycles. The van der Waals surface area contributed by atoms with E-state index in [-0.39, 0.29) is 36.1 Å². The molecule has 2 aromatic carbocycles. The fourth-order valence-corrected chi connectivity index (χ4v) is 6.01. The Bertz CT molecular complexity index is 1120. The summed E-state index contributed by atoms with van der Waals surface area (Å²) in [5, 5.41) is 4.56. The van der Waals surface area contributed by atoms with Crippen molar-refractivity contribution in [3.8, 4) is 0 Å². The van der Waals surface area contributed by atoms with E-state index in [1.165, 1.54) is 0 Å². The predicted octanol–water partition coefficient (Wildman–Crippen LogP) is 5.05. The summed E-state index contributed by atoms with van der Waals surface area (Å²) in [5.74, 6) is 0.0166. The minimum atomic E-state index is -3.48. The highest BCUT2D eigenvalue weighted by Gasteiger charge is 2.32. The zero-order chi connectivity index (χ0) is 24.3. The Hall–Kier alpha value is -1.51. The van der Waals surface area contributed by atoms with Crippen LogP contribution in [0.2, 0.25) is 15.1 Å². The Kier molecular flexibility index (Phi) is 8.31. The van der Waals surface area contributed by atoms with E-state index in [2.05, 4.69) is 14.9 Å². The van der Waals surface area contributed by atoms with Crippen LogP contribution in [0.5, 0.6) is 0 Å². The van der Waals surface area contributed by atoms with Gasteiger partial charge in [0.05, 0.1) is 11.8 Å². The molecule has 10 heteroatoms. The SMILES string of the molecule is O=C(NCCS(=O)(=O)NC[C@@H]1CC[C@@H](c2ccc(Cl)cc2Cl)N(c2ccc(Cl)cc2)C1)C1CC1. The number of hydrogen-bond donors (Lipinski definition) is 2. The van der Waals surface area contributed by atoms with Gasteiger partial charge in [0.1, 0.15) is 0 Å². The molecule has 2 aromatic rings. The van der Waals surface area contributed by atoms with E-state index in [4.69, 9.17) is 34.8 Å². The number of amides is 1. The van der Waals surface area contributed by atoms with Crippen molar-refractivity contribution in [2.24, 2.45) is 11.8 Å². The maximum absolute atomic E-state index is 12.5. The summed E-state index contributed by atoms with van der Waals surface area (Å²) in [4.78, 5) is 14.0. The lowest BCUT2D eigenvalue weighted by Crippen LogP contribution is -2.44. The van der Waals surface area contributed by atoms with E-state index in [0.29, 0.717) is 28.2 Å². The van der Waals surface area contributed by atoms with Crippen LogP contribution in [0.4, 0.5) is 5.69 Å². The van der Waals surface area contributed by atoms with Crippen molar-refractivity contribution in [3.63, 3.8) is 0 Å². The van der Waals surface area contributed by atoms with Crippen molar-refractivity contribution in [1.82, 2.24) is 10.0 Å². The summed E-state index contributed by atoms with van der Waals surface area (Å²) in [5.41, 5.74) is 1.99. The van der Waals surface area contributed by atoms with E-state index < -0.39 is 10.0 Å². The summed E-state index contributed by atoms with van der Waals surface area (Å²) in [7, 11) is -3.48. The number of carbonyl (C=O) groups excluding carboxylic acids is 1. The van der Waals surface area contributed by atoms with Crippen LogP contribution < -0.4 is 14.9 Å². The molecule has 2 N–H and O–H groups in total. The van der Waals surface area contributed by atoms with Crippen molar-refractivity contribution in [2.45, 2.75) is 31.7 Å². The first-order valence-electron chi connectivity index (χ1n) is 11.4. The molecule has 1 aliphatic carbocycles. The second-order valence-electron chi connectivity index (χ2n) is 8.99. The predicted molar refractivity (Wildman–Crippen MR) is 138 cm³/mol. The number of halogens is 3. The van der Waals surface area contributed by atoms with Crippen molar-refractivity contribution >= 4 is 56.4 Å². The average molecular weight is 545 g/mol. The van der Waals surface area contributed by atoms with Crippen molar-refractivity contribution in [1.29, 1.82) is 0 Å². The van der Waals surface area contributed by atoms with Crippen molar-refractivity contribution in [3.05, 3.63) is 63.1 Å². The first-order valence-corrected chi connectivity index (χ1v) is 14.2. The second kappa shape index (κ2) is 11.0. The summed E-state index contributed by atoms with van der Waals surface area (Å²) in [6.45, 7) is 1.12. The average Bonchev–Trinajstić information content (AvgIpc) is 3.64. The number of nitrogens with one attached hydrogen (secondary N) is 2. The van der Waals surface area contributed by atoms with Crippen LogP contribution in [-0.2, 0) is 14.8 Å². The Morgan fingerprint density at radius 3 is 2.35 bits per heavy atom. The molecular weight excluding hydrogens is 517 g/mol. The number of hydrogen-bond acceptors (Lipinski definition) is 4. The molecule has 0 unspecified atom stereocenters. The van der Waals surface area contributed by atoms with Crippen LogP contribution in [0, 0.1) is 11.8 Å². The first kappa shape index (κ1) is 25.6. The van der Waals surface area contributed by atoms with Gasteiger partial charge in [-0.05, 0) is 73.6 Å². The fourth-order valence-electron chi connectivity index (χ4n) is 4.34. The molecule has 6 nitrogen and oxygen atoms in total. The van der Waals surface area contributed by atoms with Gasteiger partial charge >= 0.3 is 0 Å². The molecule has 1 heterocycles. The number of rotatable bonds is 9. The van der Waals surface area contributed by atoms with Gasteiger partial charge in [0.2, 0.25) is 15.9 Å². The van der Waals surface area contributed by atoms with Gasteiger partial charge in [-0.1, -0.05) is 40.9 Å². The molecule has 2 atom stereocenters. The molecule has 34 heavy (non-hydrogen) atoms. The molecule has 1 saturated carbocycles. The molecular formula is C24H28Cl3N3O3S. The minimum absolute atomic E-state index is 0.0384. The van der Waals surface area contributed by atoms with Crippen LogP contribution in [-0.4, -0.2) is 39.7 Å². The normalized spacial score (nSPS) is 20.9. The third-order valence-electron chi connectivity index (χ3n) is 6.37. The molecule has 1 aliphatic heterocycles. The van der Waals surface area contributed by atoms with Gasteiger partial charge < -0.3 is 10.2 Å². The highest BCUT2D eigenvalue weighted by atomic mass is 35.5. The van der Waals surface area contributed by atoms with Crippen LogP contribution >= 0.6 is 34.8 Å². The zero-order valence-corrected chi connectivity index (χ0v) is 21.7. The quantitative estimate of drug-likeness (QED) is 0.463. The lowest BCUT2D eigenvalue weighted by Gasteiger charge is -2.42. The number of benzene rings is 2. The largest absolute Gasteiger partial charge is 0.364 e. The highest BCUT2D eigenvalue weighted by molar-refractivity contribution is 7.89. The molecule has 0 aromatic heterocycles. The van der Waals surface area contributed by atoms with Crippen LogP contribution in [0.3, 0.4) is 0 Å². The molecule has 2 fully saturated rings. The number of piperidine rings is 1. The van der Waals surface area contributed by atoms with Crippen LogP contribution in [0.15, 0.2) is 42.5 Å². The highest BCUT2D eigenvalue weighted by Crippen LogP contribution is 2.40. The molecule has 0 spiro atoms. The molecule has 2 aliphatic rings. The standard InChI is InChI=1S/C24H28Cl3N3O3S/c25-18-4-7-20(8-5-18)30-15-16(1-10-23(30)21-9-6-19(26)13-22(21)27)14-29-34(32,33)12-11-28-24(31)17-2-3-17/h4-9,13,16-17,23,29H,1-3,10-12,14-15H2,(H,28,31)/t16-,23-/m0/s1. The zero-order valence-electron chi connectivity index (χ0n) is 18.6. The van der Waals surface area contributed by atoms with Gasteiger partial charge in [-0.15, -0.1) is 0 Å². The smallest absolute Gasteiger partial charge is 0.223 e. The second-order valence-corrected chi connectivity index (χ2v) is 12.2. The number of sulfonamides is 1. The van der Waals surface area contributed by atoms with E-state index in [9.17, 15) is 13.2 Å². The van der Waals surface area contributed by atoms with Gasteiger partial charge in [-0.3, -0.25) is 4.79 Å². The third-order valence-corrected chi connectivity index (χ3v) is 8.53. The van der Waals surface area contributed by atoms with E-state index in [0.717, 1.165) is 36.9 Å². The Morgan fingerprint density at radius 1 is 0.971 bits per heavy atom. The Morgan fingerprint density at radius 2 is 1.68 bits per heavy atom. The minimum Gasteiger partial charge on any atom is -0.364 e. The summed E-state index contributed by atoms with van der Waals surface area (Å²) in [6.07, 6.45) is 3.44. The molecule has 184 valence electrons. The van der Waals surface area contributed by atoms with E-state index >= 15 is 0 Å². The number of carbonyl (C=O) groups is 1. The lowest BCUT2D eigenvalue weighted by molar-refractivity contribution is -0.122. The summed E-state index contributed by atoms with van der Waals surface area (Å²) < 4.78 is 27.7. The third kappa shape index (κ3) is 6.79. The van der Waals surface area contributed by atoms with Crippen molar-refractivity contribution in [2.75, 3.05) is 30.3 Å². The van der Waals surface area contributed by atoms with Gasteiger partial charge in [0, 0.05) is 46.3 Å². The Balaban J connectivity index is 1.41. The number of anilines is 1. The maximum atomic E-state index is 12.5. The molecule has 0 radical (unpaired) electrons. The topological polar surface area (TPSA) is 78.5 Å². The summed E-state index contributed by atoms with van der Waals surface area (Å²) in [6, 6.07) is 13.2. The van der Waals surface area contributed by atoms with Crippen LogP contribution in [0.1, 0.15) is 37.3 Å². The molecule has 4 rings (SSSR count). The fraction of sp³-hybridized carbons (Fsp3) is 0.458. The van der Waals surface area contributed by atoms with Gasteiger partial charge in [0.15, 0.2) is 0 Å². The van der Waals surface area contributed by atoms with Crippen LogP contribution in [0.25, 0.3) is 0 Å². The molecule has 0 bridgehead atoms. The van der Waals surface area contributed by atoms with Crippen molar-refractivity contribution < 1.29 is 13.2 Å². The van der Waals surface area contributed by atoms with E-state index in [1.54, 1.807) is 6.07 Å². The monoisotopic (exact) mass is 543 g/mol.